The second kappa shape index (κ2) is 4.35. The molecule has 0 bridgehead atoms. The molecule has 2 aliphatic rings. The van der Waals surface area contributed by atoms with Crippen molar-refractivity contribution in [3.63, 3.8) is 0 Å². The van der Waals surface area contributed by atoms with E-state index in [1.807, 2.05) is 0 Å². The Morgan fingerprint density at radius 1 is 1.29 bits per heavy atom. The van der Waals surface area contributed by atoms with Crippen LogP contribution in [0.4, 0.5) is 0 Å². The SMILES string of the molecule is C=COC1CCCC2CCCN(C)C21. The fourth-order valence-electron chi connectivity index (χ4n) is 3.21. The van der Waals surface area contributed by atoms with Gasteiger partial charge in [0.25, 0.3) is 0 Å². The van der Waals surface area contributed by atoms with Gasteiger partial charge in [-0.2, -0.15) is 0 Å². The first kappa shape index (κ1) is 10.0. The molecule has 0 aromatic carbocycles. The van der Waals surface area contributed by atoms with Gasteiger partial charge in [-0.3, -0.25) is 4.90 Å². The van der Waals surface area contributed by atoms with E-state index in [1.165, 1.54) is 38.6 Å². The van der Waals surface area contributed by atoms with Crippen LogP contribution < -0.4 is 0 Å². The zero-order chi connectivity index (χ0) is 9.97. The summed E-state index contributed by atoms with van der Waals surface area (Å²) in [5.74, 6) is 0.868. The van der Waals surface area contributed by atoms with E-state index in [-0.39, 0.29) is 0 Å². The summed E-state index contributed by atoms with van der Waals surface area (Å²) < 4.78 is 5.64. The monoisotopic (exact) mass is 195 g/mol. The number of likely N-dealkylation sites (tertiary alicyclic amines) is 1. The number of rotatable bonds is 2. The highest BCUT2D eigenvalue weighted by atomic mass is 16.5. The highest BCUT2D eigenvalue weighted by Gasteiger charge is 2.38. The third-order valence-electron chi connectivity index (χ3n) is 3.79. The van der Waals surface area contributed by atoms with E-state index in [0.29, 0.717) is 12.1 Å². The molecule has 3 unspecified atom stereocenters. The van der Waals surface area contributed by atoms with Gasteiger partial charge < -0.3 is 4.74 Å². The number of piperidine rings is 1. The van der Waals surface area contributed by atoms with Gasteiger partial charge in [0, 0.05) is 6.04 Å². The summed E-state index contributed by atoms with van der Waals surface area (Å²) in [5, 5.41) is 0. The van der Waals surface area contributed by atoms with E-state index in [4.69, 9.17) is 4.74 Å². The molecule has 0 aromatic rings. The Kier molecular flexibility index (Phi) is 3.12. The molecule has 1 saturated carbocycles. The van der Waals surface area contributed by atoms with Crippen molar-refractivity contribution in [3.05, 3.63) is 12.8 Å². The molecule has 1 aliphatic heterocycles. The van der Waals surface area contributed by atoms with Gasteiger partial charge in [-0.15, -0.1) is 0 Å². The Morgan fingerprint density at radius 2 is 2.07 bits per heavy atom. The van der Waals surface area contributed by atoms with Crippen molar-refractivity contribution in [2.45, 2.75) is 44.2 Å². The van der Waals surface area contributed by atoms with Crippen LogP contribution in [-0.2, 0) is 4.74 Å². The van der Waals surface area contributed by atoms with Crippen molar-refractivity contribution >= 4 is 0 Å². The molecule has 0 amide bonds. The molecular weight excluding hydrogens is 174 g/mol. The molecule has 80 valence electrons. The lowest BCUT2D eigenvalue weighted by atomic mass is 9.77. The van der Waals surface area contributed by atoms with E-state index in [2.05, 4.69) is 18.5 Å². The van der Waals surface area contributed by atoms with Crippen molar-refractivity contribution in [1.29, 1.82) is 0 Å². The molecule has 2 heteroatoms. The van der Waals surface area contributed by atoms with Crippen LogP contribution in [0.1, 0.15) is 32.1 Å². The van der Waals surface area contributed by atoms with E-state index in [9.17, 15) is 0 Å². The third-order valence-corrected chi connectivity index (χ3v) is 3.79. The van der Waals surface area contributed by atoms with Gasteiger partial charge in [0.05, 0.1) is 6.26 Å². The number of fused-ring (bicyclic) bond motifs is 1. The summed E-state index contributed by atoms with van der Waals surface area (Å²) in [7, 11) is 2.24. The van der Waals surface area contributed by atoms with Gasteiger partial charge in [-0.05, 0) is 51.6 Å². The zero-order valence-corrected chi connectivity index (χ0v) is 9.11. The summed E-state index contributed by atoms with van der Waals surface area (Å²) in [5.41, 5.74) is 0. The minimum absolute atomic E-state index is 0.400. The van der Waals surface area contributed by atoms with Crippen LogP contribution in [0.3, 0.4) is 0 Å². The molecule has 2 nitrogen and oxygen atoms in total. The predicted octanol–water partition coefficient (Wildman–Crippen LogP) is 2.41. The normalized spacial score (nSPS) is 38.8. The van der Waals surface area contributed by atoms with Crippen molar-refractivity contribution in [2.75, 3.05) is 13.6 Å². The van der Waals surface area contributed by atoms with Gasteiger partial charge in [0.15, 0.2) is 0 Å². The number of likely N-dealkylation sites (N-methyl/N-ethyl adjacent to an activating group) is 1. The molecule has 3 atom stereocenters. The van der Waals surface area contributed by atoms with Crippen LogP contribution in [0.15, 0.2) is 12.8 Å². The quantitative estimate of drug-likeness (QED) is 0.627. The molecule has 0 radical (unpaired) electrons. The first-order chi connectivity index (χ1) is 6.83. The van der Waals surface area contributed by atoms with Gasteiger partial charge >= 0.3 is 0 Å². The fourth-order valence-corrected chi connectivity index (χ4v) is 3.21. The van der Waals surface area contributed by atoms with Gasteiger partial charge in [-0.25, -0.2) is 0 Å². The summed E-state index contributed by atoms with van der Waals surface area (Å²) in [6, 6.07) is 0.649. The van der Waals surface area contributed by atoms with Crippen LogP contribution in [0, 0.1) is 5.92 Å². The van der Waals surface area contributed by atoms with E-state index < -0.39 is 0 Å². The number of hydrogen-bond acceptors (Lipinski definition) is 2. The van der Waals surface area contributed by atoms with Crippen LogP contribution in [0.2, 0.25) is 0 Å². The Labute approximate surface area is 86.9 Å². The van der Waals surface area contributed by atoms with Gasteiger partial charge in [0.2, 0.25) is 0 Å². The van der Waals surface area contributed by atoms with Crippen molar-refractivity contribution < 1.29 is 4.74 Å². The third kappa shape index (κ3) is 1.81. The lowest BCUT2D eigenvalue weighted by Crippen LogP contribution is -2.52. The standard InChI is InChI=1S/C12H21NO/c1-3-14-11-8-4-6-10-7-5-9-13(2)12(10)11/h3,10-12H,1,4-9H2,2H3. The average molecular weight is 195 g/mol. The summed E-state index contributed by atoms with van der Waals surface area (Å²) in [6.45, 7) is 4.91. The van der Waals surface area contributed by atoms with Crippen molar-refractivity contribution in [3.8, 4) is 0 Å². The summed E-state index contributed by atoms with van der Waals surface area (Å²) >= 11 is 0. The predicted molar refractivity (Wildman–Crippen MR) is 58.1 cm³/mol. The van der Waals surface area contributed by atoms with Gasteiger partial charge in [0.1, 0.15) is 6.10 Å². The molecule has 1 saturated heterocycles. The van der Waals surface area contributed by atoms with Crippen LogP contribution in [0.5, 0.6) is 0 Å². The number of nitrogens with zero attached hydrogens (tertiary/aromatic N) is 1. The molecule has 2 rings (SSSR count). The molecule has 2 fully saturated rings. The van der Waals surface area contributed by atoms with E-state index >= 15 is 0 Å². The Morgan fingerprint density at radius 3 is 2.86 bits per heavy atom. The first-order valence-electron chi connectivity index (χ1n) is 5.79. The van der Waals surface area contributed by atoms with Crippen LogP contribution in [0.25, 0.3) is 0 Å². The maximum absolute atomic E-state index is 5.64. The average Bonchev–Trinajstić information content (AvgIpc) is 2.19. The van der Waals surface area contributed by atoms with E-state index in [0.717, 1.165) is 5.92 Å². The maximum Gasteiger partial charge on any atom is 0.113 e. The largest absolute Gasteiger partial charge is 0.497 e. The topological polar surface area (TPSA) is 12.5 Å². The minimum atomic E-state index is 0.400. The molecular formula is C12H21NO. The second-order valence-electron chi connectivity index (χ2n) is 4.65. The summed E-state index contributed by atoms with van der Waals surface area (Å²) in [6.07, 6.45) is 8.70. The number of ether oxygens (including phenoxy) is 1. The molecule has 14 heavy (non-hydrogen) atoms. The maximum atomic E-state index is 5.64. The second-order valence-corrected chi connectivity index (χ2v) is 4.65. The highest BCUT2D eigenvalue weighted by Crippen LogP contribution is 2.36. The minimum Gasteiger partial charge on any atom is -0.497 e. The molecule has 0 spiro atoms. The Balaban J connectivity index is 2.06. The van der Waals surface area contributed by atoms with Crippen molar-refractivity contribution in [2.24, 2.45) is 5.92 Å². The highest BCUT2D eigenvalue weighted by molar-refractivity contribution is 4.92. The fraction of sp³-hybridized carbons (Fsp3) is 0.833. The van der Waals surface area contributed by atoms with Crippen LogP contribution in [-0.4, -0.2) is 30.6 Å². The Bertz CT molecular complexity index is 202. The van der Waals surface area contributed by atoms with Crippen LogP contribution >= 0.6 is 0 Å². The first-order valence-corrected chi connectivity index (χ1v) is 5.79. The summed E-state index contributed by atoms with van der Waals surface area (Å²) in [4.78, 5) is 2.49. The lowest BCUT2D eigenvalue weighted by Gasteiger charge is -2.46. The van der Waals surface area contributed by atoms with E-state index in [1.54, 1.807) is 6.26 Å². The lowest BCUT2D eigenvalue weighted by molar-refractivity contribution is -0.0311. The molecule has 0 N–H and O–H groups in total. The van der Waals surface area contributed by atoms with Gasteiger partial charge in [-0.1, -0.05) is 6.58 Å². The molecule has 0 aromatic heterocycles. The Hall–Kier alpha value is -0.500. The zero-order valence-electron chi connectivity index (χ0n) is 9.11. The molecule has 1 heterocycles. The smallest absolute Gasteiger partial charge is 0.113 e. The number of hydrogen-bond donors (Lipinski definition) is 0. The van der Waals surface area contributed by atoms with Crippen molar-refractivity contribution in [1.82, 2.24) is 4.90 Å². The molecule has 1 aliphatic carbocycles.